The molecule has 160 valence electrons. The Kier molecular flexibility index (Phi) is 5.88. The number of hydrogen-bond acceptors (Lipinski definition) is 5. The van der Waals surface area contributed by atoms with Gasteiger partial charge in [-0.05, 0) is 29.7 Å². The molecule has 2 amide bonds. The fraction of sp³-hybridized carbons (Fsp3) is 0.261. The van der Waals surface area contributed by atoms with E-state index in [4.69, 9.17) is 9.47 Å². The number of nitrogens with one attached hydrogen (secondary N) is 2. The minimum atomic E-state index is -0.680. The number of aromatic nitrogens is 2. The lowest BCUT2D eigenvalue weighted by atomic mass is 10.1. The fourth-order valence-electron chi connectivity index (χ4n) is 3.67. The van der Waals surface area contributed by atoms with E-state index in [1.807, 2.05) is 42.5 Å². The predicted molar refractivity (Wildman–Crippen MR) is 116 cm³/mol. The number of anilines is 1. The summed E-state index contributed by atoms with van der Waals surface area (Å²) in [7, 11) is 3.14. The molecule has 1 aliphatic rings. The molecule has 0 spiro atoms. The fourth-order valence-corrected chi connectivity index (χ4v) is 3.67. The summed E-state index contributed by atoms with van der Waals surface area (Å²) in [5.74, 6) is 1.33. The van der Waals surface area contributed by atoms with Crippen molar-refractivity contribution in [3.05, 3.63) is 60.3 Å². The average Bonchev–Trinajstić information content (AvgIpc) is 3.33. The summed E-state index contributed by atoms with van der Waals surface area (Å²) in [4.78, 5) is 24.9. The number of carbonyl (C=O) groups is 2. The average molecular weight is 420 g/mol. The van der Waals surface area contributed by atoms with Crippen LogP contribution in [0.3, 0.4) is 0 Å². The van der Waals surface area contributed by atoms with Gasteiger partial charge in [-0.15, -0.1) is 0 Å². The zero-order chi connectivity index (χ0) is 21.8. The predicted octanol–water partition coefficient (Wildman–Crippen LogP) is 2.81. The van der Waals surface area contributed by atoms with Crippen LogP contribution in [0.2, 0.25) is 0 Å². The van der Waals surface area contributed by atoms with Gasteiger partial charge in [0.1, 0.15) is 11.9 Å². The Morgan fingerprint density at radius 3 is 2.65 bits per heavy atom. The van der Waals surface area contributed by atoms with E-state index in [2.05, 4.69) is 15.7 Å². The second-order valence-corrected chi connectivity index (χ2v) is 7.22. The van der Waals surface area contributed by atoms with E-state index >= 15 is 0 Å². The summed E-state index contributed by atoms with van der Waals surface area (Å²) < 4.78 is 12.2. The van der Waals surface area contributed by atoms with Crippen LogP contribution in [0.5, 0.6) is 11.5 Å². The van der Waals surface area contributed by atoms with Gasteiger partial charge in [0.25, 0.3) is 5.91 Å². The number of amides is 2. The summed E-state index contributed by atoms with van der Waals surface area (Å²) in [6.45, 7) is 0.514. The third-order valence-corrected chi connectivity index (χ3v) is 5.29. The first-order valence-electron chi connectivity index (χ1n) is 10.0. The number of hydrogen-bond donors (Lipinski definition) is 2. The summed E-state index contributed by atoms with van der Waals surface area (Å²) in [6.07, 6.45) is 2.44. The molecule has 1 atom stereocenters. The number of ether oxygens (including phenoxy) is 2. The van der Waals surface area contributed by atoms with Crippen molar-refractivity contribution in [1.82, 2.24) is 15.1 Å². The molecule has 2 N–H and O–H groups in total. The lowest BCUT2D eigenvalue weighted by Gasteiger charge is -2.10. The van der Waals surface area contributed by atoms with E-state index in [-0.39, 0.29) is 18.2 Å². The maximum absolute atomic E-state index is 12.5. The molecule has 31 heavy (non-hydrogen) atoms. The van der Waals surface area contributed by atoms with Gasteiger partial charge in [0.05, 0.1) is 26.8 Å². The molecule has 8 nitrogen and oxygen atoms in total. The molecule has 0 aliphatic carbocycles. The summed E-state index contributed by atoms with van der Waals surface area (Å²) in [5, 5.41) is 10.1. The molecule has 3 aromatic rings. The molecule has 4 rings (SSSR count). The quantitative estimate of drug-likeness (QED) is 0.584. The second-order valence-electron chi connectivity index (χ2n) is 7.22. The van der Waals surface area contributed by atoms with Crippen molar-refractivity contribution in [3.8, 4) is 22.6 Å². The normalized spacial score (nSPS) is 14.6. The van der Waals surface area contributed by atoms with Crippen LogP contribution in [0.4, 0.5) is 5.82 Å². The van der Waals surface area contributed by atoms with Crippen LogP contribution in [0.25, 0.3) is 11.1 Å². The first-order chi connectivity index (χ1) is 15.1. The molecule has 0 bridgehead atoms. The number of methoxy groups -OCH3 is 2. The minimum Gasteiger partial charge on any atom is -0.493 e. The van der Waals surface area contributed by atoms with Crippen LogP contribution < -0.4 is 20.1 Å². The number of carbonyl (C=O) groups excluding carboxylic acids is 2. The molecule has 1 aliphatic heterocycles. The zero-order valence-electron chi connectivity index (χ0n) is 17.4. The van der Waals surface area contributed by atoms with Crippen LogP contribution in [-0.4, -0.2) is 42.4 Å². The molecule has 1 unspecified atom stereocenters. The maximum Gasteiger partial charge on any atom is 0.251 e. The van der Waals surface area contributed by atoms with Crippen molar-refractivity contribution in [2.24, 2.45) is 0 Å². The van der Waals surface area contributed by atoms with E-state index in [0.717, 1.165) is 23.1 Å². The van der Waals surface area contributed by atoms with Crippen molar-refractivity contribution in [2.75, 3.05) is 26.1 Å². The van der Waals surface area contributed by atoms with Crippen LogP contribution in [0, 0.1) is 0 Å². The maximum atomic E-state index is 12.5. The summed E-state index contributed by atoms with van der Waals surface area (Å²) >= 11 is 0. The van der Waals surface area contributed by atoms with Crippen LogP contribution in [0.15, 0.2) is 54.7 Å². The van der Waals surface area contributed by atoms with Gasteiger partial charge in [-0.1, -0.05) is 36.4 Å². The Hall–Kier alpha value is -3.81. The van der Waals surface area contributed by atoms with Crippen molar-refractivity contribution in [3.63, 3.8) is 0 Å². The molecular weight excluding hydrogens is 396 g/mol. The molecule has 0 radical (unpaired) electrons. The van der Waals surface area contributed by atoms with Gasteiger partial charge >= 0.3 is 0 Å². The lowest BCUT2D eigenvalue weighted by molar-refractivity contribution is -0.126. The number of rotatable bonds is 8. The Morgan fingerprint density at radius 1 is 1.13 bits per heavy atom. The van der Waals surface area contributed by atoms with Gasteiger partial charge in [0.15, 0.2) is 11.5 Å². The highest BCUT2D eigenvalue weighted by Gasteiger charge is 2.35. The van der Waals surface area contributed by atoms with Gasteiger partial charge in [-0.2, -0.15) is 5.10 Å². The van der Waals surface area contributed by atoms with Crippen molar-refractivity contribution in [2.45, 2.75) is 18.9 Å². The summed E-state index contributed by atoms with van der Waals surface area (Å²) in [5.41, 5.74) is 2.73. The van der Waals surface area contributed by atoms with Crippen LogP contribution >= 0.6 is 0 Å². The van der Waals surface area contributed by atoms with Crippen molar-refractivity contribution < 1.29 is 19.1 Å². The highest BCUT2D eigenvalue weighted by Crippen LogP contribution is 2.39. The smallest absolute Gasteiger partial charge is 0.251 e. The topological polar surface area (TPSA) is 94.5 Å². The summed E-state index contributed by atoms with van der Waals surface area (Å²) in [6, 6.07) is 14.7. The third kappa shape index (κ3) is 4.23. The van der Waals surface area contributed by atoms with E-state index in [0.29, 0.717) is 23.9 Å². The zero-order valence-corrected chi connectivity index (χ0v) is 17.4. The molecule has 1 aromatic heterocycles. The van der Waals surface area contributed by atoms with Gasteiger partial charge in [-0.3, -0.25) is 9.59 Å². The number of fused-ring (bicyclic) bond motifs is 1. The Balaban J connectivity index is 1.44. The van der Waals surface area contributed by atoms with Crippen LogP contribution in [-0.2, 0) is 16.0 Å². The Morgan fingerprint density at radius 2 is 1.90 bits per heavy atom. The van der Waals surface area contributed by atoms with E-state index < -0.39 is 6.04 Å². The van der Waals surface area contributed by atoms with Gasteiger partial charge < -0.3 is 20.1 Å². The molecule has 2 heterocycles. The second kappa shape index (κ2) is 8.91. The van der Waals surface area contributed by atoms with Gasteiger partial charge in [0.2, 0.25) is 5.91 Å². The minimum absolute atomic E-state index is 0.0284. The van der Waals surface area contributed by atoms with Crippen molar-refractivity contribution in [1.29, 1.82) is 0 Å². The molecule has 0 saturated carbocycles. The van der Waals surface area contributed by atoms with E-state index in [9.17, 15) is 9.59 Å². The number of nitrogens with zero attached hydrogens (tertiary/aromatic N) is 2. The Bertz CT molecular complexity index is 1090. The standard InChI is InChI=1S/C23H24N4O4/c1-30-19-9-8-16(12-20(19)31-2)17-14-25-27-18(23(29)26-22(17)27)13-21(28)24-11-10-15-6-4-3-5-7-15/h3-9,12,14,18H,10-11,13H2,1-2H3,(H,24,28)(H,26,29). The van der Waals surface area contributed by atoms with E-state index in [1.165, 1.54) is 0 Å². The largest absolute Gasteiger partial charge is 0.493 e. The first-order valence-corrected chi connectivity index (χ1v) is 10.0. The molecule has 0 saturated heterocycles. The highest BCUT2D eigenvalue weighted by atomic mass is 16.5. The van der Waals surface area contributed by atoms with E-state index in [1.54, 1.807) is 31.2 Å². The highest BCUT2D eigenvalue weighted by molar-refractivity contribution is 6.02. The SMILES string of the molecule is COc1ccc(-c2cnn3c2NC(=O)C3CC(=O)NCCc2ccccc2)cc1OC. The van der Waals surface area contributed by atoms with Gasteiger partial charge in [0, 0.05) is 12.1 Å². The van der Waals surface area contributed by atoms with Gasteiger partial charge in [-0.25, -0.2) is 4.68 Å². The molecule has 8 heteroatoms. The molecular formula is C23H24N4O4. The van der Waals surface area contributed by atoms with Crippen LogP contribution in [0.1, 0.15) is 18.0 Å². The van der Waals surface area contributed by atoms with Crippen molar-refractivity contribution >= 4 is 17.6 Å². The molecule has 0 fully saturated rings. The lowest BCUT2D eigenvalue weighted by Crippen LogP contribution is -2.30. The Labute approximate surface area is 180 Å². The number of benzene rings is 2. The third-order valence-electron chi connectivity index (χ3n) is 5.29. The molecule has 2 aromatic carbocycles. The first kappa shape index (κ1) is 20.5. The monoisotopic (exact) mass is 420 g/mol.